The summed E-state index contributed by atoms with van der Waals surface area (Å²) in [7, 11) is 2.06. The van der Waals surface area contributed by atoms with Gasteiger partial charge in [0.25, 0.3) is 0 Å². The Morgan fingerprint density at radius 3 is 2.44 bits per heavy atom. The molecule has 0 heterocycles. The van der Waals surface area contributed by atoms with Gasteiger partial charge in [0, 0.05) is 6.04 Å². The van der Waals surface area contributed by atoms with E-state index >= 15 is 0 Å². The van der Waals surface area contributed by atoms with Crippen LogP contribution in [0.1, 0.15) is 50.7 Å². The van der Waals surface area contributed by atoms with Gasteiger partial charge in [0.15, 0.2) is 0 Å². The Hall–Kier alpha value is -0.820. The molecule has 0 unspecified atom stereocenters. The summed E-state index contributed by atoms with van der Waals surface area (Å²) in [4.78, 5) is 0. The van der Waals surface area contributed by atoms with Crippen LogP contribution in [0, 0.1) is 0 Å². The molecular weight excluding hydrogens is 194 g/mol. The smallest absolute Gasteiger partial charge is 0.00757 e. The fourth-order valence-electron chi connectivity index (χ4n) is 2.38. The number of nitrogens with one attached hydrogen (secondary N) is 1. The first-order valence-electron chi connectivity index (χ1n) is 6.28. The molecule has 1 aromatic rings. The molecule has 0 aliphatic heterocycles. The van der Waals surface area contributed by atoms with Crippen LogP contribution in [0.15, 0.2) is 24.3 Å². The zero-order chi connectivity index (χ0) is 11.8. The van der Waals surface area contributed by atoms with Gasteiger partial charge in [0.05, 0.1) is 0 Å². The lowest BCUT2D eigenvalue weighted by Crippen LogP contribution is -2.37. The second kappa shape index (κ2) is 4.21. The summed E-state index contributed by atoms with van der Waals surface area (Å²) in [6.45, 7) is 6.84. The minimum atomic E-state index is 0.266. The Morgan fingerprint density at radius 2 is 1.88 bits per heavy atom. The molecule has 2 rings (SSSR count). The quantitative estimate of drug-likeness (QED) is 0.800. The second-order valence-corrected chi connectivity index (χ2v) is 6.03. The van der Waals surface area contributed by atoms with Crippen molar-refractivity contribution in [2.45, 2.75) is 51.0 Å². The van der Waals surface area contributed by atoms with Crippen molar-refractivity contribution in [2.24, 2.45) is 0 Å². The summed E-state index contributed by atoms with van der Waals surface area (Å²) >= 11 is 0. The molecule has 0 atom stereocenters. The highest BCUT2D eigenvalue weighted by atomic mass is 14.9. The van der Waals surface area contributed by atoms with E-state index in [4.69, 9.17) is 0 Å². The molecule has 1 saturated carbocycles. The average Bonchev–Trinajstić information content (AvgIpc) is 2.15. The van der Waals surface area contributed by atoms with Gasteiger partial charge in [-0.15, -0.1) is 0 Å². The molecule has 88 valence electrons. The molecule has 0 saturated heterocycles. The maximum Gasteiger partial charge on any atom is 0.00757 e. The van der Waals surface area contributed by atoms with Crippen LogP contribution in [0.2, 0.25) is 0 Å². The molecular formula is C15H23N. The van der Waals surface area contributed by atoms with Crippen molar-refractivity contribution in [3.05, 3.63) is 35.4 Å². The largest absolute Gasteiger partial charge is 0.317 e. The van der Waals surface area contributed by atoms with Crippen molar-refractivity contribution in [2.75, 3.05) is 7.05 Å². The van der Waals surface area contributed by atoms with Crippen LogP contribution in [0.5, 0.6) is 0 Å². The number of benzene rings is 1. The molecule has 0 aromatic heterocycles. The Balaban J connectivity index is 2.12. The van der Waals surface area contributed by atoms with Gasteiger partial charge in [-0.05, 0) is 42.3 Å². The average molecular weight is 217 g/mol. The van der Waals surface area contributed by atoms with E-state index < -0.39 is 0 Å². The van der Waals surface area contributed by atoms with E-state index in [1.165, 1.54) is 24.0 Å². The van der Waals surface area contributed by atoms with Crippen LogP contribution in [-0.2, 0) is 5.41 Å². The molecule has 1 aromatic carbocycles. The Morgan fingerprint density at radius 1 is 1.19 bits per heavy atom. The zero-order valence-electron chi connectivity index (χ0n) is 10.9. The minimum Gasteiger partial charge on any atom is -0.317 e. The van der Waals surface area contributed by atoms with Gasteiger partial charge in [-0.25, -0.2) is 0 Å². The predicted octanol–water partition coefficient (Wildman–Crippen LogP) is 3.45. The van der Waals surface area contributed by atoms with Gasteiger partial charge in [-0.3, -0.25) is 0 Å². The Labute approximate surface area is 99.3 Å². The van der Waals surface area contributed by atoms with Gasteiger partial charge in [0.2, 0.25) is 0 Å². The number of hydrogen-bond acceptors (Lipinski definition) is 1. The highest BCUT2D eigenvalue weighted by Crippen LogP contribution is 2.37. The van der Waals surface area contributed by atoms with Crippen LogP contribution in [0.25, 0.3) is 0 Å². The highest BCUT2D eigenvalue weighted by Gasteiger charge is 2.29. The molecule has 1 aliphatic carbocycles. The molecule has 1 fully saturated rings. The minimum absolute atomic E-state index is 0.266. The van der Waals surface area contributed by atoms with Gasteiger partial charge >= 0.3 is 0 Å². The molecule has 1 N–H and O–H groups in total. The maximum atomic E-state index is 3.35. The summed E-state index contributed by atoms with van der Waals surface area (Å²) in [5.41, 5.74) is 3.25. The molecule has 1 aliphatic rings. The summed E-state index contributed by atoms with van der Waals surface area (Å²) in [5.74, 6) is 0.778. The SMILES string of the molecule is CNC1CC(c2cccc(C(C)(C)C)c2)C1. The van der Waals surface area contributed by atoms with Crippen LogP contribution >= 0.6 is 0 Å². The van der Waals surface area contributed by atoms with Crippen LogP contribution in [0.4, 0.5) is 0 Å². The summed E-state index contributed by atoms with van der Waals surface area (Å²) in [6, 6.07) is 9.88. The molecule has 1 nitrogen and oxygen atoms in total. The van der Waals surface area contributed by atoms with E-state index in [2.05, 4.69) is 57.4 Å². The van der Waals surface area contributed by atoms with Crippen molar-refractivity contribution >= 4 is 0 Å². The van der Waals surface area contributed by atoms with E-state index in [1.807, 2.05) is 0 Å². The highest BCUT2D eigenvalue weighted by molar-refractivity contribution is 5.32. The third kappa shape index (κ3) is 2.30. The van der Waals surface area contributed by atoms with E-state index in [0.717, 1.165) is 12.0 Å². The first-order chi connectivity index (χ1) is 7.50. The molecule has 0 amide bonds. The van der Waals surface area contributed by atoms with E-state index in [-0.39, 0.29) is 5.41 Å². The predicted molar refractivity (Wildman–Crippen MR) is 70.0 cm³/mol. The Kier molecular flexibility index (Phi) is 3.07. The monoisotopic (exact) mass is 217 g/mol. The third-order valence-electron chi connectivity index (χ3n) is 3.77. The number of rotatable bonds is 2. The van der Waals surface area contributed by atoms with Gasteiger partial charge in [-0.1, -0.05) is 45.0 Å². The van der Waals surface area contributed by atoms with Gasteiger partial charge < -0.3 is 5.32 Å². The summed E-state index contributed by atoms with van der Waals surface area (Å²) < 4.78 is 0. The topological polar surface area (TPSA) is 12.0 Å². The van der Waals surface area contributed by atoms with Crippen molar-refractivity contribution in [3.63, 3.8) is 0 Å². The lowest BCUT2D eigenvalue weighted by atomic mass is 9.74. The summed E-state index contributed by atoms with van der Waals surface area (Å²) in [5, 5.41) is 3.35. The molecule has 16 heavy (non-hydrogen) atoms. The van der Waals surface area contributed by atoms with Crippen molar-refractivity contribution in [1.82, 2.24) is 5.32 Å². The molecule has 0 radical (unpaired) electrons. The first kappa shape index (κ1) is 11.7. The zero-order valence-corrected chi connectivity index (χ0v) is 10.9. The van der Waals surface area contributed by atoms with Gasteiger partial charge in [0.1, 0.15) is 0 Å². The number of hydrogen-bond donors (Lipinski definition) is 1. The summed E-state index contributed by atoms with van der Waals surface area (Å²) in [6.07, 6.45) is 2.59. The van der Waals surface area contributed by atoms with Crippen molar-refractivity contribution < 1.29 is 0 Å². The fourth-order valence-corrected chi connectivity index (χ4v) is 2.38. The third-order valence-corrected chi connectivity index (χ3v) is 3.77. The maximum absolute atomic E-state index is 3.35. The van der Waals surface area contributed by atoms with E-state index in [0.29, 0.717) is 0 Å². The standard InChI is InChI=1S/C15H23N/c1-15(2,3)13-7-5-6-11(8-13)12-9-14(10-12)16-4/h5-8,12,14,16H,9-10H2,1-4H3. The van der Waals surface area contributed by atoms with Crippen LogP contribution in [-0.4, -0.2) is 13.1 Å². The molecule has 1 heteroatoms. The fraction of sp³-hybridized carbons (Fsp3) is 0.600. The van der Waals surface area contributed by atoms with Crippen molar-refractivity contribution in [3.8, 4) is 0 Å². The van der Waals surface area contributed by atoms with Crippen LogP contribution in [0.3, 0.4) is 0 Å². The first-order valence-corrected chi connectivity index (χ1v) is 6.28. The Bertz CT molecular complexity index is 356. The second-order valence-electron chi connectivity index (χ2n) is 6.03. The van der Waals surface area contributed by atoms with Crippen molar-refractivity contribution in [1.29, 1.82) is 0 Å². The molecule has 0 spiro atoms. The van der Waals surface area contributed by atoms with E-state index in [1.54, 1.807) is 0 Å². The van der Waals surface area contributed by atoms with Gasteiger partial charge in [-0.2, -0.15) is 0 Å². The van der Waals surface area contributed by atoms with E-state index in [9.17, 15) is 0 Å². The lowest BCUT2D eigenvalue weighted by molar-refractivity contribution is 0.307. The van der Waals surface area contributed by atoms with Crippen LogP contribution < -0.4 is 5.32 Å². The lowest BCUT2D eigenvalue weighted by Gasteiger charge is -2.36. The normalized spacial score (nSPS) is 25.2. The molecule has 0 bridgehead atoms.